The highest BCUT2D eigenvalue weighted by Gasteiger charge is 2.52. The van der Waals surface area contributed by atoms with Crippen LogP contribution in [-0.4, -0.2) is 54.1 Å². The highest BCUT2D eigenvalue weighted by atomic mass is 35.5. The molecule has 18 heteroatoms. The minimum Gasteiger partial charge on any atom is -0.471 e. The van der Waals surface area contributed by atoms with E-state index in [9.17, 15) is 44.7 Å². The molecule has 0 bridgehead atoms. The Morgan fingerprint density at radius 2 is 1.70 bits per heavy atom. The first kappa shape index (κ1) is 36.4. The van der Waals surface area contributed by atoms with Crippen LogP contribution in [0, 0.1) is 11.3 Å². The number of hydrogen-bond donors (Lipinski definition) is 3. The van der Waals surface area contributed by atoms with Crippen LogP contribution in [0.5, 0.6) is 5.88 Å². The van der Waals surface area contributed by atoms with Gasteiger partial charge in [0.05, 0.1) is 21.7 Å². The number of rotatable bonds is 9. The van der Waals surface area contributed by atoms with Gasteiger partial charge in [-0.25, -0.2) is 13.8 Å². The maximum atomic E-state index is 13.2. The molecule has 4 rings (SSSR count). The van der Waals surface area contributed by atoms with Gasteiger partial charge in [-0.1, -0.05) is 29.3 Å². The smallest absolute Gasteiger partial charge is 0.402 e. The molecule has 1 aliphatic heterocycles. The molecule has 0 radical (unpaired) electrons. The molecular weight excluding hydrogens is 689 g/mol. The first-order valence-corrected chi connectivity index (χ1v) is 15.0. The molecule has 2 aromatic rings. The van der Waals surface area contributed by atoms with Crippen LogP contribution in [-0.2, 0) is 17.8 Å². The maximum absolute atomic E-state index is 13.2. The van der Waals surface area contributed by atoms with Crippen molar-refractivity contribution < 1.29 is 49.4 Å². The lowest BCUT2D eigenvalue weighted by Gasteiger charge is -2.30. The first-order valence-electron chi connectivity index (χ1n) is 14.3. The number of carbonyl (C=O) groups is 2. The van der Waals surface area contributed by atoms with Crippen LogP contribution in [0.2, 0.25) is 10.0 Å². The van der Waals surface area contributed by atoms with Gasteiger partial charge in [-0.05, 0) is 57.2 Å². The molecule has 47 heavy (non-hydrogen) atoms. The number of amidine groups is 1. The third kappa shape index (κ3) is 8.55. The number of benzene rings is 1. The summed E-state index contributed by atoms with van der Waals surface area (Å²) in [5.74, 6) is -3.75. The van der Waals surface area contributed by atoms with Crippen LogP contribution in [0.25, 0.3) is 0 Å². The second kappa shape index (κ2) is 14.0. The summed E-state index contributed by atoms with van der Waals surface area (Å²) >= 11 is 12.8. The number of anilines is 1. The van der Waals surface area contributed by atoms with Crippen molar-refractivity contribution in [3.63, 3.8) is 0 Å². The highest BCUT2D eigenvalue weighted by molar-refractivity contribution is 6.40. The quantitative estimate of drug-likeness (QED) is 0.230. The fourth-order valence-electron chi connectivity index (χ4n) is 4.93. The molecule has 2 aliphatic rings. The van der Waals surface area contributed by atoms with Gasteiger partial charge in [0, 0.05) is 24.6 Å². The fourth-order valence-corrected chi connectivity index (χ4v) is 5.47. The molecule has 0 atom stereocenters. The molecule has 1 saturated carbocycles. The van der Waals surface area contributed by atoms with Gasteiger partial charge >= 0.3 is 12.4 Å². The van der Waals surface area contributed by atoms with Crippen LogP contribution in [0.4, 0.5) is 46.6 Å². The number of alkyl halides is 8. The molecule has 1 aromatic heterocycles. The normalized spacial score (nSPS) is 18.4. The standard InChI is InChI=1S/C29H29Cl2F8N5O3/c1-27(2,29(37,38)39)26(46)40-11-13-3-8-18(30)22(21(13)31)42-20-10-14-9-17(25(44-23(14)43-20)47-12-19(32)33)24(45)41-16-6-4-15(5-7-16)28(34,35)36/h3,8-9,15-16,19H,4-7,10-12H2,1-2H3,(H,40,46)(H,41,45)(H,42,43,44). The number of carbonyl (C=O) groups excluding carboxylic acids is 2. The number of nitrogens with one attached hydrogen (secondary N) is 3. The Morgan fingerprint density at radius 3 is 2.30 bits per heavy atom. The van der Waals surface area contributed by atoms with E-state index in [0.717, 1.165) is 13.8 Å². The Balaban J connectivity index is 1.50. The van der Waals surface area contributed by atoms with Gasteiger partial charge in [0.2, 0.25) is 11.8 Å². The summed E-state index contributed by atoms with van der Waals surface area (Å²) in [6.07, 6.45) is -12.2. The largest absolute Gasteiger partial charge is 0.471 e. The maximum Gasteiger partial charge on any atom is 0.402 e. The monoisotopic (exact) mass is 717 g/mol. The van der Waals surface area contributed by atoms with Crippen LogP contribution in [0.1, 0.15) is 61.0 Å². The molecule has 1 fully saturated rings. The second-order valence-electron chi connectivity index (χ2n) is 11.7. The topological polar surface area (TPSA) is 105 Å². The SMILES string of the molecule is CC(C)(C(=O)NCc1ccc(Cl)c(NC2=Nc3nc(OCC(F)F)c(C(=O)NC4CCC(C(F)(F)F)CC4)cc3C2)c1Cl)C(F)(F)F. The lowest BCUT2D eigenvalue weighted by molar-refractivity contribution is -0.211. The number of amides is 2. The summed E-state index contributed by atoms with van der Waals surface area (Å²) in [6, 6.07) is 3.56. The molecule has 0 saturated heterocycles. The molecule has 0 unspecified atom stereocenters. The van der Waals surface area contributed by atoms with Crippen molar-refractivity contribution in [2.45, 2.75) is 77.3 Å². The Morgan fingerprint density at radius 1 is 1.04 bits per heavy atom. The molecule has 0 spiro atoms. The summed E-state index contributed by atoms with van der Waals surface area (Å²) < 4.78 is 110. The summed E-state index contributed by atoms with van der Waals surface area (Å²) in [5, 5.41) is 7.82. The van der Waals surface area contributed by atoms with Gasteiger partial charge in [-0.15, -0.1) is 0 Å². The van der Waals surface area contributed by atoms with Crippen molar-refractivity contribution in [1.29, 1.82) is 0 Å². The molecule has 3 N–H and O–H groups in total. The van der Waals surface area contributed by atoms with Gasteiger partial charge in [0.15, 0.2) is 12.4 Å². The van der Waals surface area contributed by atoms with E-state index in [1.165, 1.54) is 18.2 Å². The summed E-state index contributed by atoms with van der Waals surface area (Å²) in [4.78, 5) is 33.8. The number of nitrogens with zero attached hydrogens (tertiary/aromatic N) is 2. The van der Waals surface area contributed by atoms with Crippen LogP contribution in [0.3, 0.4) is 0 Å². The third-order valence-electron chi connectivity index (χ3n) is 7.91. The molecule has 2 amide bonds. The van der Waals surface area contributed by atoms with Crippen molar-refractivity contribution in [3.8, 4) is 5.88 Å². The van der Waals surface area contributed by atoms with E-state index in [4.69, 9.17) is 27.9 Å². The summed E-state index contributed by atoms with van der Waals surface area (Å²) in [7, 11) is 0. The van der Waals surface area contributed by atoms with Crippen molar-refractivity contribution in [2.75, 3.05) is 11.9 Å². The number of aromatic nitrogens is 1. The minimum atomic E-state index is -4.79. The number of ether oxygens (including phenoxy) is 1. The second-order valence-corrected chi connectivity index (χ2v) is 12.4. The number of pyridine rings is 1. The number of aliphatic imine (C=N–C) groups is 1. The van der Waals surface area contributed by atoms with Gasteiger partial charge < -0.3 is 20.7 Å². The zero-order valence-electron chi connectivity index (χ0n) is 24.8. The summed E-state index contributed by atoms with van der Waals surface area (Å²) in [5.41, 5.74) is -2.18. The highest BCUT2D eigenvalue weighted by Crippen LogP contribution is 2.40. The number of hydrogen-bond acceptors (Lipinski definition) is 6. The average Bonchev–Trinajstić information content (AvgIpc) is 3.37. The van der Waals surface area contributed by atoms with Crippen molar-refractivity contribution in [1.82, 2.24) is 15.6 Å². The van der Waals surface area contributed by atoms with E-state index >= 15 is 0 Å². The van der Waals surface area contributed by atoms with E-state index < -0.39 is 60.5 Å². The zero-order valence-corrected chi connectivity index (χ0v) is 26.3. The van der Waals surface area contributed by atoms with Gasteiger partial charge in [-0.3, -0.25) is 9.59 Å². The molecular formula is C29H29Cl2F8N5O3. The lowest BCUT2D eigenvalue weighted by atomic mass is 9.85. The zero-order chi connectivity index (χ0) is 34.9. The molecule has 1 aliphatic carbocycles. The molecule has 2 heterocycles. The molecule has 8 nitrogen and oxygen atoms in total. The minimum absolute atomic E-state index is 0.0157. The average molecular weight is 718 g/mol. The number of halogens is 10. The van der Waals surface area contributed by atoms with Gasteiger partial charge in [0.25, 0.3) is 12.3 Å². The molecule has 258 valence electrons. The van der Waals surface area contributed by atoms with Gasteiger partial charge in [0.1, 0.15) is 16.8 Å². The van der Waals surface area contributed by atoms with E-state index in [1.54, 1.807) is 0 Å². The Labute approximate surface area is 273 Å². The van der Waals surface area contributed by atoms with E-state index in [1.807, 2.05) is 0 Å². The Kier molecular flexibility index (Phi) is 10.8. The number of fused-ring (bicyclic) bond motifs is 1. The predicted octanol–water partition coefficient (Wildman–Crippen LogP) is 7.79. The van der Waals surface area contributed by atoms with E-state index in [0.29, 0.717) is 5.56 Å². The van der Waals surface area contributed by atoms with E-state index in [2.05, 4.69) is 25.9 Å². The van der Waals surface area contributed by atoms with Crippen molar-refractivity contribution in [3.05, 3.63) is 44.9 Å². The molecule has 1 aromatic carbocycles. The van der Waals surface area contributed by atoms with Crippen molar-refractivity contribution >= 4 is 52.4 Å². The van der Waals surface area contributed by atoms with Gasteiger partial charge in [-0.2, -0.15) is 31.3 Å². The third-order valence-corrected chi connectivity index (χ3v) is 8.66. The Bertz CT molecular complexity index is 1540. The first-order chi connectivity index (χ1) is 21.8. The van der Waals surface area contributed by atoms with E-state index in [-0.39, 0.29) is 77.2 Å². The van der Waals surface area contributed by atoms with Crippen LogP contribution < -0.4 is 20.7 Å². The predicted molar refractivity (Wildman–Crippen MR) is 158 cm³/mol. The lowest BCUT2D eigenvalue weighted by Crippen LogP contribution is -2.46. The van der Waals surface area contributed by atoms with Crippen LogP contribution in [0.15, 0.2) is 23.2 Å². The summed E-state index contributed by atoms with van der Waals surface area (Å²) in [6.45, 7) is 0.0272. The van der Waals surface area contributed by atoms with Crippen LogP contribution >= 0.6 is 23.2 Å². The van der Waals surface area contributed by atoms with Crippen molar-refractivity contribution in [2.24, 2.45) is 16.3 Å². The Hall–Kier alpha value is -3.40. The fraction of sp³-hybridized carbons (Fsp3) is 0.517.